The molecule has 6 nitrogen and oxygen atoms in total. The molecule has 1 aromatic heterocycles. The van der Waals surface area contributed by atoms with E-state index in [9.17, 15) is 9.59 Å². The third kappa shape index (κ3) is 2.30. The maximum Gasteiger partial charge on any atom is 0.417 e. The summed E-state index contributed by atoms with van der Waals surface area (Å²) in [5.74, 6) is -0.353. The van der Waals surface area contributed by atoms with E-state index in [-0.39, 0.29) is 5.91 Å². The Labute approximate surface area is 98.9 Å². The molecule has 0 fully saturated rings. The lowest BCUT2D eigenvalue weighted by Crippen LogP contribution is -2.44. The highest BCUT2D eigenvalue weighted by Crippen LogP contribution is 2.18. The van der Waals surface area contributed by atoms with Crippen LogP contribution in [0.5, 0.6) is 0 Å². The number of carbonyl (C=O) groups excluding carboxylic acids is 2. The van der Waals surface area contributed by atoms with Crippen LogP contribution in [0.25, 0.3) is 0 Å². The van der Waals surface area contributed by atoms with Gasteiger partial charge in [0.25, 0.3) is 5.91 Å². The number of nitrogens with zero attached hydrogens (tertiary/aromatic N) is 2. The summed E-state index contributed by atoms with van der Waals surface area (Å²) < 4.78 is 5.17. The maximum atomic E-state index is 12.0. The van der Waals surface area contributed by atoms with Crippen LogP contribution in [-0.4, -0.2) is 39.2 Å². The molecule has 1 aliphatic rings. The van der Waals surface area contributed by atoms with E-state index >= 15 is 0 Å². The van der Waals surface area contributed by atoms with E-state index in [1.165, 1.54) is 6.20 Å². The first kappa shape index (κ1) is 11.6. The Bertz CT molecular complexity index is 459. The van der Waals surface area contributed by atoms with Gasteiger partial charge in [-0.05, 0) is 20.8 Å². The molecule has 2 amide bonds. The lowest BCUT2D eigenvalue weighted by molar-refractivity contribution is 0.0233. The number of nitrogens with one attached hydrogen (secondary N) is 1. The number of fused-ring (bicyclic) bond motifs is 1. The highest BCUT2D eigenvalue weighted by atomic mass is 16.6. The molecule has 0 saturated carbocycles. The molecule has 0 spiro atoms. The summed E-state index contributed by atoms with van der Waals surface area (Å²) in [5.41, 5.74) is 0.616. The van der Waals surface area contributed by atoms with Gasteiger partial charge < -0.3 is 4.74 Å². The molecule has 2 rings (SSSR count). The van der Waals surface area contributed by atoms with Gasteiger partial charge in [0, 0.05) is 18.7 Å². The van der Waals surface area contributed by atoms with Gasteiger partial charge >= 0.3 is 6.09 Å². The third-order valence-corrected chi connectivity index (χ3v) is 2.39. The number of hydrogen-bond acceptors (Lipinski definition) is 4. The fourth-order valence-electron chi connectivity index (χ4n) is 1.65. The van der Waals surface area contributed by atoms with Gasteiger partial charge in [0.05, 0.1) is 11.8 Å². The van der Waals surface area contributed by atoms with Crippen molar-refractivity contribution in [1.29, 1.82) is 0 Å². The topological polar surface area (TPSA) is 75.3 Å². The Balaban J connectivity index is 2.15. The van der Waals surface area contributed by atoms with Crippen LogP contribution in [-0.2, 0) is 11.2 Å². The number of carbonyl (C=O) groups is 2. The summed E-state index contributed by atoms with van der Waals surface area (Å²) in [4.78, 5) is 24.9. The van der Waals surface area contributed by atoms with Gasteiger partial charge in [-0.2, -0.15) is 5.10 Å². The van der Waals surface area contributed by atoms with Crippen molar-refractivity contribution in [2.24, 2.45) is 0 Å². The minimum atomic E-state index is -0.603. The van der Waals surface area contributed by atoms with Crippen molar-refractivity contribution in [1.82, 2.24) is 15.1 Å². The summed E-state index contributed by atoms with van der Waals surface area (Å²) in [5, 5.41) is 6.54. The molecule has 6 heteroatoms. The first-order valence-corrected chi connectivity index (χ1v) is 5.45. The van der Waals surface area contributed by atoms with Gasteiger partial charge in [-0.15, -0.1) is 0 Å². The molecule has 92 valence electrons. The average molecular weight is 237 g/mol. The summed E-state index contributed by atoms with van der Waals surface area (Å²) in [6.45, 7) is 5.62. The number of rotatable bonds is 0. The van der Waals surface area contributed by atoms with Crippen LogP contribution < -0.4 is 0 Å². The van der Waals surface area contributed by atoms with Crippen LogP contribution in [0.15, 0.2) is 6.20 Å². The summed E-state index contributed by atoms with van der Waals surface area (Å²) in [6, 6.07) is 0. The molecule has 1 aromatic rings. The normalized spacial score (nSPS) is 15.7. The van der Waals surface area contributed by atoms with Crippen molar-refractivity contribution in [2.75, 3.05) is 6.54 Å². The standard InChI is InChI=1S/C11H15N3O3/c1-11(2,3)17-10(16)14-5-4-8-7(9(14)15)6-12-13-8/h6H,4-5H2,1-3H3,(H,12,13). The molecule has 0 saturated heterocycles. The second kappa shape index (κ2) is 3.87. The zero-order valence-electron chi connectivity index (χ0n) is 10.1. The molecule has 0 radical (unpaired) electrons. The number of aromatic amines is 1. The monoisotopic (exact) mass is 237 g/mol. The van der Waals surface area contributed by atoms with Gasteiger partial charge in [-0.1, -0.05) is 0 Å². The largest absolute Gasteiger partial charge is 0.443 e. The molecular formula is C11H15N3O3. The summed E-state index contributed by atoms with van der Waals surface area (Å²) in [7, 11) is 0. The molecule has 0 atom stereocenters. The van der Waals surface area contributed by atoms with Gasteiger partial charge in [0.2, 0.25) is 0 Å². The molecule has 0 aromatic carbocycles. The second-order valence-corrected chi connectivity index (χ2v) is 4.95. The molecule has 0 unspecified atom stereocenters. The Kier molecular flexibility index (Phi) is 2.65. The maximum absolute atomic E-state index is 12.0. The van der Waals surface area contributed by atoms with Crippen molar-refractivity contribution < 1.29 is 14.3 Å². The lowest BCUT2D eigenvalue weighted by atomic mass is 10.1. The van der Waals surface area contributed by atoms with E-state index in [0.717, 1.165) is 10.6 Å². The lowest BCUT2D eigenvalue weighted by Gasteiger charge is -2.28. The molecule has 0 aliphatic carbocycles. The Morgan fingerprint density at radius 1 is 1.53 bits per heavy atom. The summed E-state index contributed by atoms with van der Waals surface area (Å²) >= 11 is 0. The van der Waals surface area contributed by atoms with Gasteiger partial charge in [-0.25, -0.2) is 9.69 Å². The van der Waals surface area contributed by atoms with E-state index in [0.29, 0.717) is 18.5 Å². The van der Waals surface area contributed by atoms with Crippen LogP contribution >= 0.6 is 0 Å². The van der Waals surface area contributed by atoms with Crippen LogP contribution in [0.1, 0.15) is 36.8 Å². The molecule has 1 aliphatic heterocycles. The highest BCUT2D eigenvalue weighted by Gasteiger charge is 2.33. The SMILES string of the molecule is CC(C)(C)OC(=O)N1CCc2[nH]ncc2C1=O. The number of imide groups is 1. The van der Waals surface area contributed by atoms with E-state index in [1.807, 2.05) is 0 Å². The zero-order valence-corrected chi connectivity index (χ0v) is 10.1. The van der Waals surface area contributed by atoms with Crippen LogP contribution in [0.3, 0.4) is 0 Å². The smallest absolute Gasteiger partial charge is 0.417 e. The molecule has 1 N–H and O–H groups in total. The fourth-order valence-corrected chi connectivity index (χ4v) is 1.65. The highest BCUT2D eigenvalue weighted by molar-refractivity contribution is 6.04. The number of amides is 2. The Morgan fingerprint density at radius 3 is 2.88 bits per heavy atom. The average Bonchev–Trinajstić information content (AvgIpc) is 2.63. The van der Waals surface area contributed by atoms with Crippen molar-refractivity contribution in [2.45, 2.75) is 32.8 Å². The number of aromatic nitrogens is 2. The quantitative estimate of drug-likeness (QED) is 0.738. The Morgan fingerprint density at radius 2 is 2.24 bits per heavy atom. The second-order valence-electron chi connectivity index (χ2n) is 4.95. The van der Waals surface area contributed by atoms with Crippen molar-refractivity contribution >= 4 is 12.0 Å². The molecular weight excluding hydrogens is 222 g/mol. The van der Waals surface area contributed by atoms with Crippen molar-refractivity contribution in [3.63, 3.8) is 0 Å². The van der Waals surface area contributed by atoms with E-state index < -0.39 is 11.7 Å². The Hall–Kier alpha value is -1.85. The molecule has 2 heterocycles. The first-order valence-electron chi connectivity index (χ1n) is 5.45. The van der Waals surface area contributed by atoms with Gasteiger partial charge in [0.1, 0.15) is 5.60 Å². The van der Waals surface area contributed by atoms with Gasteiger partial charge in [-0.3, -0.25) is 9.89 Å². The van der Waals surface area contributed by atoms with Gasteiger partial charge in [0.15, 0.2) is 0 Å². The van der Waals surface area contributed by atoms with E-state index in [1.54, 1.807) is 20.8 Å². The van der Waals surface area contributed by atoms with Crippen LogP contribution in [0.2, 0.25) is 0 Å². The number of H-pyrrole nitrogens is 1. The predicted octanol–water partition coefficient (Wildman–Crippen LogP) is 1.34. The van der Waals surface area contributed by atoms with E-state index in [2.05, 4.69) is 10.2 Å². The van der Waals surface area contributed by atoms with Crippen LogP contribution in [0, 0.1) is 0 Å². The van der Waals surface area contributed by atoms with Crippen molar-refractivity contribution in [3.8, 4) is 0 Å². The number of ether oxygens (including phenoxy) is 1. The van der Waals surface area contributed by atoms with Crippen molar-refractivity contribution in [3.05, 3.63) is 17.5 Å². The molecule has 17 heavy (non-hydrogen) atoms. The first-order chi connectivity index (χ1) is 7.88. The summed E-state index contributed by atoms with van der Waals surface area (Å²) in [6.07, 6.45) is 1.42. The fraction of sp³-hybridized carbons (Fsp3) is 0.545. The minimum absolute atomic E-state index is 0.322. The third-order valence-electron chi connectivity index (χ3n) is 2.39. The molecule has 0 bridgehead atoms. The number of hydrogen-bond donors (Lipinski definition) is 1. The van der Waals surface area contributed by atoms with Crippen LogP contribution in [0.4, 0.5) is 4.79 Å². The van der Waals surface area contributed by atoms with E-state index in [4.69, 9.17) is 4.74 Å². The zero-order chi connectivity index (χ0) is 12.6. The predicted molar refractivity (Wildman–Crippen MR) is 59.6 cm³/mol. The minimum Gasteiger partial charge on any atom is -0.443 e.